The number of aromatic nitrogens is 2. The van der Waals surface area contributed by atoms with Crippen LogP contribution in [0.3, 0.4) is 0 Å². The first-order valence-corrected chi connectivity index (χ1v) is 6.54. The number of esters is 1. The van der Waals surface area contributed by atoms with Crippen molar-refractivity contribution >= 4 is 11.9 Å². The summed E-state index contributed by atoms with van der Waals surface area (Å²) in [6.07, 6.45) is 1.80. The van der Waals surface area contributed by atoms with Crippen molar-refractivity contribution in [2.75, 3.05) is 7.11 Å². The van der Waals surface area contributed by atoms with Crippen molar-refractivity contribution in [1.29, 1.82) is 0 Å². The van der Waals surface area contributed by atoms with Crippen molar-refractivity contribution in [3.05, 3.63) is 53.3 Å². The first-order valence-electron chi connectivity index (χ1n) is 6.54. The molecular weight excluding hydrogens is 270 g/mol. The Kier molecular flexibility index (Phi) is 4.71. The Labute approximate surface area is 122 Å². The normalized spacial score (nSPS) is 11.7. The van der Waals surface area contributed by atoms with Crippen molar-refractivity contribution in [1.82, 2.24) is 15.5 Å². The van der Waals surface area contributed by atoms with Gasteiger partial charge >= 0.3 is 5.97 Å². The van der Waals surface area contributed by atoms with Gasteiger partial charge in [-0.1, -0.05) is 30.3 Å². The number of nitrogens with one attached hydrogen (secondary N) is 2. The monoisotopic (exact) mass is 287 g/mol. The number of amides is 1. The lowest BCUT2D eigenvalue weighted by atomic mass is 10.1. The van der Waals surface area contributed by atoms with Crippen LogP contribution in [0.4, 0.5) is 0 Å². The number of benzene rings is 1. The maximum absolute atomic E-state index is 12.2. The smallest absolute Gasteiger partial charge is 0.328 e. The number of hydrogen-bond acceptors (Lipinski definition) is 4. The zero-order valence-electron chi connectivity index (χ0n) is 11.9. The third-order valence-corrected chi connectivity index (χ3v) is 3.15. The van der Waals surface area contributed by atoms with E-state index < -0.39 is 12.0 Å². The quantitative estimate of drug-likeness (QED) is 0.810. The van der Waals surface area contributed by atoms with Gasteiger partial charge in [0.2, 0.25) is 0 Å². The van der Waals surface area contributed by atoms with Crippen LogP contribution in [-0.4, -0.2) is 35.2 Å². The van der Waals surface area contributed by atoms with Crippen LogP contribution in [0.2, 0.25) is 0 Å². The molecule has 0 radical (unpaired) electrons. The molecule has 1 aromatic carbocycles. The van der Waals surface area contributed by atoms with Gasteiger partial charge in [0.25, 0.3) is 5.91 Å². The average Bonchev–Trinajstić information content (AvgIpc) is 2.93. The molecule has 2 N–H and O–H groups in total. The van der Waals surface area contributed by atoms with Gasteiger partial charge in [0.1, 0.15) is 6.04 Å². The number of nitrogens with zero attached hydrogens (tertiary/aromatic N) is 1. The maximum Gasteiger partial charge on any atom is 0.328 e. The largest absolute Gasteiger partial charge is 0.467 e. The van der Waals surface area contributed by atoms with Gasteiger partial charge in [0.05, 0.1) is 18.9 Å². The summed E-state index contributed by atoms with van der Waals surface area (Å²) in [4.78, 5) is 24.0. The molecule has 1 heterocycles. The second-order valence-electron chi connectivity index (χ2n) is 4.65. The van der Waals surface area contributed by atoms with Gasteiger partial charge in [-0.3, -0.25) is 9.89 Å². The second-order valence-corrected chi connectivity index (χ2v) is 4.65. The predicted molar refractivity (Wildman–Crippen MR) is 76.7 cm³/mol. The van der Waals surface area contributed by atoms with Crippen LogP contribution in [0.25, 0.3) is 0 Å². The van der Waals surface area contributed by atoms with Crippen LogP contribution in [0.5, 0.6) is 0 Å². The van der Waals surface area contributed by atoms with Gasteiger partial charge in [0.15, 0.2) is 0 Å². The van der Waals surface area contributed by atoms with E-state index >= 15 is 0 Å². The van der Waals surface area contributed by atoms with Crippen LogP contribution in [0, 0.1) is 6.92 Å². The molecular formula is C15H17N3O3. The fraction of sp³-hybridized carbons (Fsp3) is 0.267. The topological polar surface area (TPSA) is 84.1 Å². The first-order chi connectivity index (χ1) is 10.1. The van der Waals surface area contributed by atoms with E-state index in [0.717, 1.165) is 5.56 Å². The zero-order chi connectivity index (χ0) is 15.2. The molecule has 6 heteroatoms. The number of carbonyl (C=O) groups is 2. The Morgan fingerprint density at radius 3 is 2.62 bits per heavy atom. The molecule has 0 aliphatic carbocycles. The average molecular weight is 287 g/mol. The number of ether oxygens (including phenoxy) is 1. The summed E-state index contributed by atoms with van der Waals surface area (Å²) in [6.45, 7) is 1.74. The number of aromatic amines is 1. The predicted octanol–water partition coefficient (Wildman–Crippen LogP) is 1.23. The van der Waals surface area contributed by atoms with E-state index in [2.05, 4.69) is 15.5 Å². The molecule has 0 saturated heterocycles. The van der Waals surface area contributed by atoms with Gasteiger partial charge < -0.3 is 10.1 Å². The summed E-state index contributed by atoms with van der Waals surface area (Å²) >= 11 is 0. The highest BCUT2D eigenvalue weighted by molar-refractivity contribution is 5.97. The van der Waals surface area contributed by atoms with E-state index in [1.165, 1.54) is 13.3 Å². The van der Waals surface area contributed by atoms with E-state index in [0.29, 0.717) is 17.7 Å². The van der Waals surface area contributed by atoms with Crippen molar-refractivity contribution < 1.29 is 14.3 Å². The minimum atomic E-state index is -0.737. The molecule has 110 valence electrons. The Hall–Kier alpha value is -2.63. The lowest BCUT2D eigenvalue weighted by Crippen LogP contribution is -2.43. The molecule has 1 aromatic heterocycles. The molecule has 0 aliphatic heterocycles. The van der Waals surface area contributed by atoms with Crippen LogP contribution in [-0.2, 0) is 16.0 Å². The maximum atomic E-state index is 12.2. The number of H-pyrrole nitrogens is 1. The molecule has 2 rings (SSSR count). The third kappa shape index (κ3) is 3.68. The van der Waals surface area contributed by atoms with Gasteiger partial charge in [-0.25, -0.2) is 4.79 Å². The van der Waals surface area contributed by atoms with Gasteiger partial charge in [0, 0.05) is 12.1 Å². The Bertz CT molecular complexity index is 622. The van der Waals surface area contributed by atoms with E-state index in [1.807, 2.05) is 30.3 Å². The molecule has 1 amide bonds. The van der Waals surface area contributed by atoms with E-state index in [-0.39, 0.29) is 5.91 Å². The molecule has 0 fully saturated rings. The van der Waals surface area contributed by atoms with E-state index in [4.69, 9.17) is 4.74 Å². The highest BCUT2D eigenvalue weighted by Crippen LogP contribution is 2.07. The summed E-state index contributed by atoms with van der Waals surface area (Å²) in [6, 6.07) is 8.71. The highest BCUT2D eigenvalue weighted by atomic mass is 16.5. The fourth-order valence-corrected chi connectivity index (χ4v) is 2.00. The zero-order valence-corrected chi connectivity index (χ0v) is 11.9. The third-order valence-electron chi connectivity index (χ3n) is 3.15. The van der Waals surface area contributed by atoms with Crippen molar-refractivity contribution in [2.45, 2.75) is 19.4 Å². The van der Waals surface area contributed by atoms with E-state index in [9.17, 15) is 9.59 Å². The van der Waals surface area contributed by atoms with Crippen LogP contribution < -0.4 is 5.32 Å². The van der Waals surface area contributed by atoms with Crippen LogP contribution in [0.1, 0.15) is 21.6 Å². The molecule has 6 nitrogen and oxygen atoms in total. The Morgan fingerprint density at radius 1 is 1.33 bits per heavy atom. The van der Waals surface area contributed by atoms with Crippen molar-refractivity contribution in [2.24, 2.45) is 0 Å². The molecule has 21 heavy (non-hydrogen) atoms. The van der Waals surface area contributed by atoms with Gasteiger partial charge in [-0.2, -0.15) is 5.10 Å². The first kappa shape index (κ1) is 14.8. The van der Waals surface area contributed by atoms with Crippen LogP contribution in [0.15, 0.2) is 36.5 Å². The number of rotatable bonds is 5. The van der Waals surface area contributed by atoms with E-state index in [1.54, 1.807) is 6.92 Å². The second kappa shape index (κ2) is 6.69. The summed E-state index contributed by atoms with van der Waals surface area (Å²) in [7, 11) is 1.30. The lowest BCUT2D eigenvalue weighted by molar-refractivity contribution is -0.142. The molecule has 1 unspecified atom stereocenters. The number of methoxy groups -OCH3 is 1. The minimum absolute atomic E-state index is 0.354. The highest BCUT2D eigenvalue weighted by Gasteiger charge is 2.23. The molecule has 2 aromatic rings. The van der Waals surface area contributed by atoms with Gasteiger partial charge in [-0.15, -0.1) is 0 Å². The minimum Gasteiger partial charge on any atom is -0.467 e. The number of aryl methyl sites for hydroxylation is 1. The molecule has 0 aliphatic rings. The van der Waals surface area contributed by atoms with Crippen molar-refractivity contribution in [3.8, 4) is 0 Å². The van der Waals surface area contributed by atoms with Gasteiger partial charge in [-0.05, 0) is 12.5 Å². The summed E-state index contributed by atoms with van der Waals surface area (Å²) in [5, 5.41) is 9.17. The Balaban J connectivity index is 2.12. The SMILES string of the molecule is COC(=O)C(Cc1ccccc1)NC(=O)c1cn[nH]c1C. The fourth-order valence-electron chi connectivity index (χ4n) is 2.00. The summed E-state index contributed by atoms with van der Waals surface area (Å²) in [5.74, 6) is -0.832. The molecule has 0 bridgehead atoms. The lowest BCUT2D eigenvalue weighted by Gasteiger charge is -2.16. The Morgan fingerprint density at radius 2 is 2.05 bits per heavy atom. The molecule has 1 atom stereocenters. The molecule has 0 spiro atoms. The van der Waals surface area contributed by atoms with Crippen molar-refractivity contribution in [3.63, 3.8) is 0 Å². The summed E-state index contributed by atoms with van der Waals surface area (Å²) in [5.41, 5.74) is 2.00. The number of carbonyl (C=O) groups excluding carboxylic acids is 2. The van der Waals surface area contributed by atoms with Crippen LogP contribution >= 0.6 is 0 Å². The molecule has 0 saturated carbocycles. The standard InChI is InChI=1S/C15H17N3O3/c1-10-12(9-16-18-10)14(19)17-13(15(20)21-2)8-11-6-4-3-5-7-11/h3-7,9,13H,8H2,1-2H3,(H,16,18)(H,17,19). The summed E-state index contributed by atoms with van der Waals surface area (Å²) < 4.78 is 4.76. The number of hydrogen-bond donors (Lipinski definition) is 2.